The fourth-order valence-corrected chi connectivity index (χ4v) is 5.86. The molecule has 1 fully saturated rings. The Morgan fingerprint density at radius 2 is 1.80 bits per heavy atom. The third-order valence-electron chi connectivity index (χ3n) is 6.59. The van der Waals surface area contributed by atoms with Crippen LogP contribution in [0.1, 0.15) is 36.6 Å². The minimum atomic E-state index is -0.994. The van der Waals surface area contributed by atoms with Gasteiger partial charge in [-0.05, 0) is 66.6 Å². The van der Waals surface area contributed by atoms with Gasteiger partial charge in [0.2, 0.25) is 0 Å². The first-order chi connectivity index (χ1) is 19.6. The zero-order valence-electron chi connectivity index (χ0n) is 22.3. The number of ketones is 1. The Hall–Kier alpha value is -4.77. The van der Waals surface area contributed by atoms with Gasteiger partial charge in [0.25, 0.3) is 11.8 Å². The zero-order chi connectivity index (χ0) is 29.4. The van der Waals surface area contributed by atoms with Crippen molar-refractivity contribution in [1.82, 2.24) is 4.98 Å². The van der Waals surface area contributed by atoms with Gasteiger partial charge in [0.15, 0.2) is 5.13 Å². The molecule has 0 aliphatic carbocycles. The third kappa shape index (κ3) is 5.36. The van der Waals surface area contributed by atoms with Crippen molar-refractivity contribution in [3.05, 3.63) is 88.7 Å². The van der Waals surface area contributed by atoms with Gasteiger partial charge in [0.05, 0.1) is 28.9 Å². The molecule has 0 radical (unpaired) electrons. The number of methoxy groups -OCH3 is 1. The number of thiazole rings is 1. The number of carbonyl (C=O) groups is 3. The number of carboxylic acids is 1. The number of Topliss-reactive ketones (excluding diaryl/α,β-unsaturated/α-hetero) is 1. The SMILES string of the molecule is CC(=O)O.COc1ccc2nc(N3C(=O)C(=O)/C(=C(/O)c4ccc5c(c4)CC(C)O5)C3c3ccc(F)cc3)sc2c1. The van der Waals surface area contributed by atoms with Gasteiger partial charge in [-0.15, -0.1) is 0 Å². The second-order valence-electron chi connectivity index (χ2n) is 9.52. The van der Waals surface area contributed by atoms with E-state index in [0.29, 0.717) is 28.8 Å². The fourth-order valence-electron chi connectivity index (χ4n) is 4.84. The molecule has 3 aromatic carbocycles. The number of ether oxygens (including phenoxy) is 2. The summed E-state index contributed by atoms with van der Waals surface area (Å²) in [7, 11) is 1.56. The molecule has 6 rings (SSSR count). The lowest BCUT2D eigenvalue weighted by atomic mass is 9.94. The predicted octanol–water partition coefficient (Wildman–Crippen LogP) is 5.48. The Morgan fingerprint density at radius 1 is 1.10 bits per heavy atom. The van der Waals surface area contributed by atoms with E-state index < -0.39 is 29.5 Å². The number of rotatable bonds is 4. The molecular formula is C30H25FN2O7S. The average Bonchev–Trinajstić information content (AvgIpc) is 3.60. The van der Waals surface area contributed by atoms with E-state index in [4.69, 9.17) is 19.4 Å². The first-order valence-corrected chi connectivity index (χ1v) is 13.4. The van der Waals surface area contributed by atoms with E-state index in [1.807, 2.05) is 6.92 Å². The Bertz CT molecular complexity index is 1710. The fraction of sp³-hybridized carbons (Fsp3) is 0.200. The van der Waals surface area contributed by atoms with Crippen molar-refractivity contribution < 1.29 is 38.5 Å². The van der Waals surface area contributed by atoms with E-state index in [1.165, 1.54) is 40.5 Å². The van der Waals surface area contributed by atoms with Crippen molar-refractivity contribution in [3.8, 4) is 11.5 Å². The molecule has 2 atom stereocenters. The van der Waals surface area contributed by atoms with Crippen molar-refractivity contribution in [2.24, 2.45) is 0 Å². The van der Waals surface area contributed by atoms with Crippen molar-refractivity contribution in [3.63, 3.8) is 0 Å². The lowest BCUT2D eigenvalue weighted by Gasteiger charge is -2.23. The number of benzene rings is 3. The van der Waals surface area contributed by atoms with E-state index in [-0.39, 0.29) is 22.6 Å². The Labute approximate surface area is 238 Å². The number of hydrogen-bond donors (Lipinski definition) is 2. The molecule has 11 heteroatoms. The molecule has 210 valence electrons. The van der Waals surface area contributed by atoms with Crippen molar-refractivity contribution in [2.45, 2.75) is 32.4 Å². The molecule has 1 saturated heterocycles. The van der Waals surface area contributed by atoms with E-state index in [2.05, 4.69) is 4.98 Å². The molecule has 9 nitrogen and oxygen atoms in total. The van der Waals surface area contributed by atoms with Crippen LogP contribution in [0.3, 0.4) is 0 Å². The minimum absolute atomic E-state index is 0.00912. The Morgan fingerprint density at radius 3 is 2.49 bits per heavy atom. The first kappa shape index (κ1) is 27.8. The smallest absolute Gasteiger partial charge is 0.301 e. The normalized spacial score (nSPS) is 19.0. The largest absolute Gasteiger partial charge is 0.507 e. The summed E-state index contributed by atoms with van der Waals surface area (Å²) in [5, 5.41) is 19.1. The second kappa shape index (κ2) is 11.0. The number of amides is 1. The molecule has 0 spiro atoms. The highest BCUT2D eigenvalue weighted by molar-refractivity contribution is 7.22. The number of carboxylic acid groups (broad SMARTS) is 1. The number of aliphatic hydroxyl groups is 1. The first-order valence-electron chi connectivity index (χ1n) is 12.6. The summed E-state index contributed by atoms with van der Waals surface area (Å²) in [6.07, 6.45) is 0.677. The second-order valence-corrected chi connectivity index (χ2v) is 10.5. The van der Waals surface area contributed by atoms with Crippen molar-refractivity contribution in [1.29, 1.82) is 0 Å². The van der Waals surface area contributed by atoms with Crippen LogP contribution in [-0.4, -0.2) is 46.1 Å². The monoisotopic (exact) mass is 576 g/mol. The lowest BCUT2D eigenvalue weighted by Crippen LogP contribution is -2.29. The Kier molecular flexibility index (Phi) is 7.46. The number of nitrogens with zero attached hydrogens (tertiary/aromatic N) is 2. The van der Waals surface area contributed by atoms with Crippen LogP contribution in [0.2, 0.25) is 0 Å². The maximum atomic E-state index is 13.8. The summed E-state index contributed by atoms with van der Waals surface area (Å²) < 4.78 is 25.6. The number of aliphatic carboxylic acids is 1. The van der Waals surface area contributed by atoms with Crippen LogP contribution in [0.15, 0.2) is 66.2 Å². The highest BCUT2D eigenvalue weighted by Gasteiger charge is 2.48. The number of carbonyl (C=O) groups excluding carboxylic acids is 2. The summed E-state index contributed by atoms with van der Waals surface area (Å²) >= 11 is 1.22. The number of aromatic nitrogens is 1. The van der Waals surface area contributed by atoms with Crippen LogP contribution in [-0.2, 0) is 20.8 Å². The summed E-state index contributed by atoms with van der Waals surface area (Å²) in [5.74, 6) is -1.89. The zero-order valence-corrected chi connectivity index (χ0v) is 23.1. The molecule has 2 N–H and O–H groups in total. The number of halogens is 1. The van der Waals surface area contributed by atoms with Crippen LogP contribution in [0.4, 0.5) is 9.52 Å². The molecule has 1 amide bonds. The van der Waals surface area contributed by atoms with Gasteiger partial charge in [-0.1, -0.05) is 23.5 Å². The van der Waals surface area contributed by atoms with E-state index in [1.54, 1.807) is 43.5 Å². The third-order valence-corrected chi connectivity index (χ3v) is 7.61. The molecule has 2 aliphatic rings. The highest BCUT2D eigenvalue weighted by Crippen LogP contribution is 2.45. The van der Waals surface area contributed by atoms with Crippen LogP contribution in [0.5, 0.6) is 11.5 Å². The van der Waals surface area contributed by atoms with Crippen LogP contribution < -0.4 is 14.4 Å². The number of hydrogen-bond acceptors (Lipinski definition) is 8. The van der Waals surface area contributed by atoms with E-state index in [9.17, 15) is 19.1 Å². The number of anilines is 1. The maximum Gasteiger partial charge on any atom is 0.301 e. The van der Waals surface area contributed by atoms with Crippen LogP contribution in [0.25, 0.3) is 16.0 Å². The molecule has 4 aromatic rings. The summed E-state index contributed by atoms with van der Waals surface area (Å²) in [6, 6.07) is 15.0. The van der Waals surface area contributed by atoms with Crippen molar-refractivity contribution in [2.75, 3.05) is 12.0 Å². The minimum Gasteiger partial charge on any atom is -0.507 e. The molecule has 1 aromatic heterocycles. The Balaban J connectivity index is 0.000000794. The standard InChI is InChI=1S/C28H21FN2O5S.C2H4O2/c1-14-11-17-12-16(5-10-21(17)36-14)25(32)23-24(15-3-6-18(29)7-4-15)31(27(34)26(23)33)28-30-20-9-8-19(35-2)13-22(20)37-28;1-2(3)4/h3-10,12-14,24,32H,11H2,1-2H3;1H3,(H,3,4)/b25-23+;. The molecule has 0 bridgehead atoms. The number of aliphatic hydroxyl groups excluding tert-OH is 1. The quantitative estimate of drug-likeness (QED) is 0.186. The molecule has 0 saturated carbocycles. The van der Waals surface area contributed by atoms with Gasteiger partial charge in [-0.3, -0.25) is 19.3 Å². The summed E-state index contributed by atoms with van der Waals surface area (Å²) in [4.78, 5) is 41.7. The average molecular weight is 577 g/mol. The van der Waals surface area contributed by atoms with Crippen molar-refractivity contribution >= 4 is 50.1 Å². The predicted molar refractivity (Wildman–Crippen MR) is 151 cm³/mol. The van der Waals surface area contributed by atoms with Gasteiger partial charge in [-0.25, -0.2) is 9.37 Å². The molecular weight excluding hydrogens is 551 g/mol. The molecule has 41 heavy (non-hydrogen) atoms. The van der Waals surface area contributed by atoms with Crippen LogP contribution >= 0.6 is 11.3 Å². The summed E-state index contributed by atoms with van der Waals surface area (Å²) in [6.45, 7) is 3.03. The molecule has 2 aliphatic heterocycles. The molecule has 2 unspecified atom stereocenters. The maximum absolute atomic E-state index is 13.8. The lowest BCUT2D eigenvalue weighted by molar-refractivity contribution is -0.134. The molecule has 3 heterocycles. The van der Waals surface area contributed by atoms with Gasteiger partial charge in [0, 0.05) is 18.9 Å². The van der Waals surface area contributed by atoms with Gasteiger partial charge in [-0.2, -0.15) is 0 Å². The van der Waals surface area contributed by atoms with Gasteiger partial charge in [0.1, 0.15) is 29.2 Å². The summed E-state index contributed by atoms with van der Waals surface area (Å²) in [5.41, 5.74) is 2.32. The van der Waals surface area contributed by atoms with E-state index in [0.717, 1.165) is 22.9 Å². The number of fused-ring (bicyclic) bond motifs is 2. The van der Waals surface area contributed by atoms with Gasteiger partial charge < -0.3 is 19.7 Å². The van der Waals surface area contributed by atoms with E-state index >= 15 is 0 Å². The highest BCUT2D eigenvalue weighted by atomic mass is 32.1. The topological polar surface area (TPSA) is 126 Å². The van der Waals surface area contributed by atoms with Gasteiger partial charge >= 0.3 is 5.91 Å². The van der Waals surface area contributed by atoms with Crippen LogP contribution in [0, 0.1) is 5.82 Å².